The molecular formula is C14H27N3O. The van der Waals surface area contributed by atoms with Crippen LogP contribution < -0.4 is 5.73 Å². The maximum atomic E-state index is 12.3. The number of hydrogen-bond donors (Lipinski definition) is 1. The Morgan fingerprint density at radius 2 is 2.11 bits per heavy atom. The van der Waals surface area contributed by atoms with Crippen LogP contribution in [0.4, 0.5) is 0 Å². The molecule has 0 aromatic rings. The van der Waals surface area contributed by atoms with Crippen LogP contribution in [0.2, 0.25) is 0 Å². The van der Waals surface area contributed by atoms with Gasteiger partial charge in [-0.25, -0.2) is 0 Å². The first-order chi connectivity index (χ1) is 8.56. The zero-order chi connectivity index (χ0) is 13.1. The first-order valence-electron chi connectivity index (χ1n) is 7.30. The second-order valence-electron chi connectivity index (χ2n) is 6.17. The molecule has 0 bridgehead atoms. The number of piperazine rings is 1. The number of carbonyl (C=O) groups excluding carboxylic acids is 1. The van der Waals surface area contributed by atoms with E-state index in [1.165, 1.54) is 12.8 Å². The van der Waals surface area contributed by atoms with Gasteiger partial charge in [-0.2, -0.15) is 0 Å². The highest BCUT2D eigenvalue weighted by molar-refractivity contribution is 5.76. The van der Waals surface area contributed by atoms with Gasteiger partial charge in [0.05, 0.1) is 0 Å². The van der Waals surface area contributed by atoms with Crippen LogP contribution in [0.1, 0.15) is 39.0 Å². The minimum Gasteiger partial charge on any atom is -0.340 e. The van der Waals surface area contributed by atoms with Crippen molar-refractivity contribution in [2.24, 2.45) is 11.7 Å². The third kappa shape index (κ3) is 3.45. The minimum absolute atomic E-state index is 0.322. The lowest BCUT2D eigenvalue weighted by atomic mass is 9.84. The molecule has 2 aliphatic rings. The van der Waals surface area contributed by atoms with Crippen LogP contribution in [0.5, 0.6) is 0 Å². The van der Waals surface area contributed by atoms with Gasteiger partial charge in [0.1, 0.15) is 0 Å². The van der Waals surface area contributed by atoms with Gasteiger partial charge in [-0.1, -0.05) is 6.42 Å². The van der Waals surface area contributed by atoms with Gasteiger partial charge in [0.2, 0.25) is 5.91 Å². The Bertz CT molecular complexity index is 295. The first kappa shape index (κ1) is 13.8. The largest absolute Gasteiger partial charge is 0.340 e. The summed E-state index contributed by atoms with van der Waals surface area (Å²) in [5.41, 5.74) is 5.99. The highest BCUT2D eigenvalue weighted by atomic mass is 16.2. The Labute approximate surface area is 110 Å². The molecule has 1 saturated carbocycles. The summed E-state index contributed by atoms with van der Waals surface area (Å²) in [4.78, 5) is 16.7. The standard InChI is InChI=1S/C14H27N3O/c1-11-10-17(7-6-16(11)2)14(18)9-12-4-3-5-13(15)8-12/h11-13H,3-10,15H2,1-2H3. The van der Waals surface area contributed by atoms with Gasteiger partial charge in [0.15, 0.2) is 0 Å². The molecule has 0 aromatic heterocycles. The van der Waals surface area contributed by atoms with E-state index in [1.807, 2.05) is 4.90 Å². The van der Waals surface area contributed by atoms with Gasteiger partial charge < -0.3 is 15.5 Å². The van der Waals surface area contributed by atoms with Crippen molar-refractivity contribution >= 4 is 5.91 Å². The summed E-state index contributed by atoms with van der Waals surface area (Å²) in [6, 6.07) is 0.805. The van der Waals surface area contributed by atoms with E-state index in [9.17, 15) is 4.79 Å². The minimum atomic E-state index is 0.322. The molecule has 2 N–H and O–H groups in total. The van der Waals surface area contributed by atoms with Crippen molar-refractivity contribution in [3.8, 4) is 0 Å². The number of nitrogens with zero attached hydrogens (tertiary/aromatic N) is 2. The van der Waals surface area contributed by atoms with E-state index in [0.717, 1.165) is 32.5 Å². The quantitative estimate of drug-likeness (QED) is 0.800. The lowest BCUT2D eigenvalue weighted by Crippen LogP contribution is -2.52. The fourth-order valence-electron chi connectivity index (χ4n) is 3.17. The molecule has 1 heterocycles. The lowest BCUT2D eigenvalue weighted by Gasteiger charge is -2.38. The second-order valence-corrected chi connectivity index (χ2v) is 6.17. The Hall–Kier alpha value is -0.610. The molecule has 1 amide bonds. The Morgan fingerprint density at radius 1 is 1.33 bits per heavy atom. The summed E-state index contributed by atoms with van der Waals surface area (Å²) in [7, 11) is 2.13. The van der Waals surface area contributed by atoms with Gasteiger partial charge in [-0.15, -0.1) is 0 Å². The predicted molar refractivity (Wildman–Crippen MR) is 73.2 cm³/mol. The first-order valence-corrected chi connectivity index (χ1v) is 7.30. The van der Waals surface area contributed by atoms with Gasteiger partial charge in [-0.05, 0) is 39.2 Å². The van der Waals surface area contributed by atoms with E-state index in [1.54, 1.807) is 0 Å². The molecule has 3 atom stereocenters. The van der Waals surface area contributed by atoms with Crippen molar-refractivity contribution in [3.63, 3.8) is 0 Å². The van der Waals surface area contributed by atoms with Crippen LogP contribution in [-0.4, -0.2) is 54.5 Å². The van der Waals surface area contributed by atoms with Gasteiger partial charge >= 0.3 is 0 Å². The summed E-state index contributed by atoms with van der Waals surface area (Å²) >= 11 is 0. The number of rotatable bonds is 2. The lowest BCUT2D eigenvalue weighted by molar-refractivity contribution is -0.135. The second kappa shape index (κ2) is 6.02. The Kier molecular flexibility index (Phi) is 4.62. The molecule has 4 heteroatoms. The van der Waals surface area contributed by atoms with Crippen molar-refractivity contribution in [2.45, 2.75) is 51.1 Å². The average Bonchev–Trinajstić information content (AvgIpc) is 2.32. The highest BCUT2D eigenvalue weighted by Gasteiger charge is 2.27. The molecule has 1 saturated heterocycles. The van der Waals surface area contributed by atoms with Crippen LogP contribution in [0.3, 0.4) is 0 Å². The molecule has 0 spiro atoms. The van der Waals surface area contributed by atoms with E-state index in [-0.39, 0.29) is 0 Å². The van der Waals surface area contributed by atoms with E-state index >= 15 is 0 Å². The Balaban J connectivity index is 1.80. The molecule has 3 unspecified atom stereocenters. The maximum absolute atomic E-state index is 12.3. The molecule has 1 aliphatic carbocycles. The zero-order valence-electron chi connectivity index (χ0n) is 11.8. The monoisotopic (exact) mass is 253 g/mol. The van der Waals surface area contributed by atoms with Crippen LogP contribution in [0, 0.1) is 5.92 Å². The van der Waals surface area contributed by atoms with E-state index in [0.29, 0.717) is 30.3 Å². The number of hydrogen-bond acceptors (Lipinski definition) is 3. The van der Waals surface area contributed by atoms with Crippen LogP contribution in [-0.2, 0) is 4.79 Å². The van der Waals surface area contributed by atoms with E-state index in [4.69, 9.17) is 5.73 Å². The average molecular weight is 253 g/mol. The highest BCUT2D eigenvalue weighted by Crippen LogP contribution is 2.26. The fraction of sp³-hybridized carbons (Fsp3) is 0.929. The third-order valence-electron chi connectivity index (χ3n) is 4.60. The summed E-state index contributed by atoms with van der Waals surface area (Å²) in [5, 5.41) is 0. The van der Waals surface area contributed by atoms with E-state index in [2.05, 4.69) is 18.9 Å². The van der Waals surface area contributed by atoms with Crippen LogP contribution in [0.15, 0.2) is 0 Å². The van der Waals surface area contributed by atoms with Crippen molar-refractivity contribution in [3.05, 3.63) is 0 Å². The third-order valence-corrected chi connectivity index (χ3v) is 4.60. The molecule has 0 radical (unpaired) electrons. The summed E-state index contributed by atoms with van der Waals surface area (Å²) in [6.07, 6.45) is 5.26. The molecule has 1 aliphatic heterocycles. The van der Waals surface area contributed by atoms with Crippen LogP contribution in [0.25, 0.3) is 0 Å². The van der Waals surface area contributed by atoms with Crippen molar-refractivity contribution < 1.29 is 4.79 Å². The fourth-order valence-corrected chi connectivity index (χ4v) is 3.17. The maximum Gasteiger partial charge on any atom is 0.222 e. The molecule has 0 aromatic carbocycles. The molecular weight excluding hydrogens is 226 g/mol. The summed E-state index contributed by atoms with van der Waals surface area (Å²) in [6.45, 7) is 4.96. The summed E-state index contributed by atoms with van der Waals surface area (Å²) < 4.78 is 0. The van der Waals surface area contributed by atoms with Gasteiger partial charge in [-0.3, -0.25) is 4.79 Å². The number of amides is 1. The topological polar surface area (TPSA) is 49.6 Å². The SMILES string of the molecule is CC1CN(C(=O)CC2CCCC(N)C2)CCN1C. The molecule has 104 valence electrons. The van der Waals surface area contributed by atoms with Crippen molar-refractivity contribution in [2.75, 3.05) is 26.7 Å². The van der Waals surface area contributed by atoms with Crippen LogP contribution >= 0.6 is 0 Å². The number of nitrogens with two attached hydrogens (primary N) is 1. The number of carbonyl (C=O) groups is 1. The normalized spacial score (nSPS) is 34.6. The summed E-state index contributed by atoms with van der Waals surface area (Å²) in [5.74, 6) is 0.866. The van der Waals surface area contributed by atoms with Crippen molar-refractivity contribution in [1.82, 2.24) is 9.80 Å². The van der Waals surface area contributed by atoms with E-state index < -0.39 is 0 Å². The van der Waals surface area contributed by atoms with Gasteiger partial charge in [0, 0.05) is 38.1 Å². The van der Waals surface area contributed by atoms with Gasteiger partial charge in [0.25, 0.3) is 0 Å². The molecule has 18 heavy (non-hydrogen) atoms. The zero-order valence-corrected chi connectivity index (χ0v) is 11.8. The van der Waals surface area contributed by atoms with Crippen molar-refractivity contribution in [1.29, 1.82) is 0 Å². The molecule has 2 rings (SSSR count). The molecule has 2 fully saturated rings. The number of likely N-dealkylation sites (N-methyl/N-ethyl adjacent to an activating group) is 1. The predicted octanol–water partition coefficient (Wildman–Crippen LogP) is 1.06. The molecule has 4 nitrogen and oxygen atoms in total. The Morgan fingerprint density at radius 3 is 2.78 bits per heavy atom. The smallest absolute Gasteiger partial charge is 0.222 e.